The second-order valence-corrected chi connectivity index (χ2v) is 10.5. The molecule has 32 heavy (non-hydrogen) atoms. The lowest BCUT2D eigenvalue weighted by molar-refractivity contribution is 0.0194. The number of rotatable bonds is 7. The van der Waals surface area contributed by atoms with E-state index in [-0.39, 0.29) is 12.1 Å². The normalized spacial score (nSPS) is 16.0. The van der Waals surface area contributed by atoms with Gasteiger partial charge in [-0.2, -0.15) is 0 Å². The van der Waals surface area contributed by atoms with Crippen molar-refractivity contribution >= 4 is 33.6 Å². The fraction of sp³-hybridized carbons (Fsp3) is 0.480. The van der Waals surface area contributed by atoms with E-state index in [4.69, 9.17) is 21.1 Å². The molecule has 0 aliphatic carbocycles. The van der Waals surface area contributed by atoms with Crippen molar-refractivity contribution in [3.8, 4) is 5.75 Å². The first-order valence-electron chi connectivity index (χ1n) is 11.1. The van der Waals surface area contributed by atoms with Gasteiger partial charge in [0.2, 0.25) is 0 Å². The van der Waals surface area contributed by atoms with Gasteiger partial charge < -0.3 is 19.7 Å². The molecule has 0 saturated carbocycles. The van der Waals surface area contributed by atoms with Crippen LogP contribution in [0.1, 0.15) is 39.2 Å². The van der Waals surface area contributed by atoms with Gasteiger partial charge >= 0.3 is 6.09 Å². The lowest BCUT2D eigenvalue weighted by Gasteiger charge is -2.35. The van der Waals surface area contributed by atoms with Gasteiger partial charge in [0, 0.05) is 30.2 Å². The third kappa shape index (κ3) is 7.98. The third-order valence-electron chi connectivity index (χ3n) is 5.29. The molecule has 0 spiro atoms. The minimum absolute atomic E-state index is 0.126. The average molecular weight is 524 g/mol. The number of nitrogens with zero attached hydrogens (tertiary/aromatic N) is 1. The maximum absolute atomic E-state index is 12.4. The molecule has 7 heteroatoms. The molecule has 5 nitrogen and oxygen atoms in total. The highest BCUT2D eigenvalue weighted by Gasteiger charge is 2.28. The van der Waals surface area contributed by atoms with E-state index in [9.17, 15) is 4.79 Å². The molecule has 1 heterocycles. The number of carbonyl (C=O) groups excluding carboxylic acids is 1. The van der Waals surface area contributed by atoms with E-state index in [1.54, 1.807) is 4.90 Å². The first-order chi connectivity index (χ1) is 15.2. The summed E-state index contributed by atoms with van der Waals surface area (Å²) in [6.07, 6.45) is 2.36. The Kier molecular flexibility index (Phi) is 8.86. The molecule has 1 fully saturated rings. The molecule has 2 aromatic rings. The van der Waals surface area contributed by atoms with E-state index in [0.717, 1.165) is 34.5 Å². The monoisotopic (exact) mass is 522 g/mol. The highest BCUT2D eigenvalue weighted by molar-refractivity contribution is 9.10. The van der Waals surface area contributed by atoms with Gasteiger partial charge in [-0.25, -0.2) is 4.79 Å². The number of amides is 1. The van der Waals surface area contributed by atoms with Crippen molar-refractivity contribution in [3.63, 3.8) is 0 Å². The van der Waals surface area contributed by atoms with Gasteiger partial charge in [-0.05, 0) is 85.8 Å². The number of carbonyl (C=O) groups is 1. The number of piperidine rings is 1. The number of hydrogen-bond donors (Lipinski definition) is 1. The summed E-state index contributed by atoms with van der Waals surface area (Å²) in [5.74, 6) is 0.829. The molecule has 1 amide bonds. The Hall–Kier alpha value is -1.76. The zero-order valence-corrected chi connectivity index (χ0v) is 21.3. The summed E-state index contributed by atoms with van der Waals surface area (Å²) in [6.45, 7) is 7.59. The Morgan fingerprint density at radius 3 is 2.44 bits per heavy atom. The predicted molar refractivity (Wildman–Crippen MR) is 133 cm³/mol. The molecular formula is C25H32BrClN2O3. The molecule has 174 valence electrons. The Balaban J connectivity index is 1.59. The number of benzene rings is 2. The van der Waals surface area contributed by atoms with Crippen LogP contribution in [-0.2, 0) is 11.2 Å². The number of halogens is 2. The summed E-state index contributed by atoms with van der Waals surface area (Å²) in [5, 5.41) is 4.50. The SMILES string of the molecule is CC(C)(C)OC(=O)N1CCC(N[C@H](COc2ccccc2Br)Cc2ccc(Cl)cc2)CC1. The number of nitrogens with one attached hydrogen (secondary N) is 1. The summed E-state index contributed by atoms with van der Waals surface area (Å²) in [5.41, 5.74) is 0.729. The van der Waals surface area contributed by atoms with Crippen LogP contribution in [0.25, 0.3) is 0 Å². The van der Waals surface area contributed by atoms with E-state index < -0.39 is 5.60 Å². The van der Waals surface area contributed by atoms with E-state index in [2.05, 4.69) is 33.4 Å². The lowest BCUT2D eigenvalue weighted by atomic mass is 10.0. The number of para-hydroxylation sites is 1. The van der Waals surface area contributed by atoms with Crippen molar-refractivity contribution in [3.05, 3.63) is 63.6 Å². The van der Waals surface area contributed by atoms with Crippen LogP contribution in [0.3, 0.4) is 0 Å². The maximum atomic E-state index is 12.4. The molecule has 1 saturated heterocycles. The van der Waals surface area contributed by atoms with Crippen LogP contribution >= 0.6 is 27.5 Å². The highest BCUT2D eigenvalue weighted by Crippen LogP contribution is 2.24. The second kappa shape index (κ2) is 11.4. The first-order valence-corrected chi connectivity index (χ1v) is 12.2. The van der Waals surface area contributed by atoms with Crippen LogP contribution in [-0.4, -0.2) is 48.4 Å². The van der Waals surface area contributed by atoms with Gasteiger partial charge in [0.05, 0.1) is 4.47 Å². The van der Waals surface area contributed by atoms with Crippen molar-refractivity contribution in [1.29, 1.82) is 0 Å². The van der Waals surface area contributed by atoms with Crippen molar-refractivity contribution < 1.29 is 14.3 Å². The van der Waals surface area contributed by atoms with Gasteiger partial charge in [0.15, 0.2) is 0 Å². The Bertz CT molecular complexity index is 878. The molecule has 0 bridgehead atoms. The topological polar surface area (TPSA) is 50.8 Å². The fourth-order valence-corrected chi connectivity index (χ4v) is 4.24. The van der Waals surface area contributed by atoms with E-state index in [0.29, 0.717) is 25.7 Å². The molecule has 1 aliphatic rings. The van der Waals surface area contributed by atoms with Crippen LogP contribution < -0.4 is 10.1 Å². The summed E-state index contributed by atoms with van der Waals surface area (Å²) in [4.78, 5) is 14.2. The molecule has 0 radical (unpaired) electrons. The number of hydrogen-bond acceptors (Lipinski definition) is 4. The van der Waals surface area contributed by atoms with Gasteiger partial charge in [0.25, 0.3) is 0 Å². The Morgan fingerprint density at radius 1 is 1.16 bits per heavy atom. The van der Waals surface area contributed by atoms with Gasteiger partial charge in [-0.3, -0.25) is 0 Å². The van der Waals surface area contributed by atoms with Crippen molar-refractivity contribution in [1.82, 2.24) is 10.2 Å². The van der Waals surface area contributed by atoms with Crippen LogP contribution in [0, 0.1) is 0 Å². The van der Waals surface area contributed by atoms with Crippen LogP contribution in [0.2, 0.25) is 5.02 Å². The predicted octanol–water partition coefficient (Wildman–Crippen LogP) is 6.08. The molecule has 0 unspecified atom stereocenters. The van der Waals surface area contributed by atoms with Gasteiger partial charge in [-0.1, -0.05) is 35.9 Å². The molecule has 1 N–H and O–H groups in total. The fourth-order valence-electron chi connectivity index (χ4n) is 3.71. The van der Waals surface area contributed by atoms with Crippen molar-refractivity contribution in [2.75, 3.05) is 19.7 Å². The Morgan fingerprint density at radius 2 is 1.81 bits per heavy atom. The zero-order valence-electron chi connectivity index (χ0n) is 18.9. The molecule has 1 atom stereocenters. The lowest BCUT2D eigenvalue weighted by Crippen LogP contribution is -2.50. The van der Waals surface area contributed by atoms with Gasteiger partial charge in [0.1, 0.15) is 18.0 Å². The zero-order chi connectivity index (χ0) is 23.1. The smallest absolute Gasteiger partial charge is 0.410 e. The summed E-state index contributed by atoms with van der Waals surface area (Å²) in [6, 6.07) is 16.3. The number of likely N-dealkylation sites (tertiary alicyclic amines) is 1. The summed E-state index contributed by atoms with van der Waals surface area (Å²) >= 11 is 9.60. The van der Waals surface area contributed by atoms with E-state index in [1.807, 2.05) is 57.2 Å². The average Bonchev–Trinajstić information content (AvgIpc) is 2.74. The molecular weight excluding hydrogens is 492 g/mol. The standard InChI is InChI=1S/C25H32BrClN2O3/c1-25(2,3)32-24(30)29-14-12-20(13-15-29)28-21(16-18-8-10-19(27)11-9-18)17-31-23-7-5-4-6-22(23)26/h4-11,20-21,28H,12-17H2,1-3H3/t21-/m0/s1. The van der Waals surface area contributed by atoms with Gasteiger partial charge in [-0.15, -0.1) is 0 Å². The molecule has 2 aromatic carbocycles. The quantitative estimate of drug-likeness (QED) is 0.478. The second-order valence-electron chi connectivity index (χ2n) is 9.18. The third-order valence-corrected chi connectivity index (χ3v) is 6.20. The largest absolute Gasteiger partial charge is 0.491 e. The molecule has 1 aliphatic heterocycles. The van der Waals surface area contributed by atoms with Crippen LogP contribution in [0.4, 0.5) is 4.79 Å². The van der Waals surface area contributed by atoms with Crippen molar-refractivity contribution in [2.24, 2.45) is 0 Å². The molecule has 0 aromatic heterocycles. The minimum atomic E-state index is -0.473. The Labute approximate surface area is 204 Å². The molecule has 3 rings (SSSR count). The van der Waals surface area contributed by atoms with E-state index in [1.165, 1.54) is 5.56 Å². The number of ether oxygens (including phenoxy) is 2. The van der Waals surface area contributed by atoms with E-state index >= 15 is 0 Å². The van der Waals surface area contributed by atoms with Crippen LogP contribution in [0.5, 0.6) is 5.75 Å². The minimum Gasteiger partial charge on any atom is -0.491 e. The maximum Gasteiger partial charge on any atom is 0.410 e. The van der Waals surface area contributed by atoms with Crippen LogP contribution in [0.15, 0.2) is 53.0 Å². The highest BCUT2D eigenvalue weighted by atomic mass is 79.9. The summed E-state index contributed by atoms with van der Waals surface area (Å²) < 4.78 is 12.6. The first kappa shape index (κ1) is 24.9. The summed E-state index contributed by atoms with van der Waals surface area (Å²) in [7, 11) is 0. The van der Waals surface area contributed by atoms with Crippen molar-refractivity contribution in [2.45, 2.75) is 57.7 Å².